The number of likely N-dealkylation sites (tertiary alicyclic amines) is 1. The summed E-state index contributed by atoms with van der Waals surface area (Å²) in [5, 5.41) is 0. The number of piperidine rings is 1. The minimum absolute atomic E-state index is 0.246. The average Bonchev–Trinajstić information content (AvgIpc) is 2.88. The Morgan fingerprint density at radius 1 is 1.21 bits per heavy atom. The molecule has 14 heavy (non-hydrogen) atoms. The van der Waals surface area contributed by atoms with Crippen molar-refractivity contribution in [2.45, 2.75) is 25.1 Å². The van der Waals surface area contributed by atoms with Crippen LogP contribution in [0.15, 0.2) is 0 Å². The Kier molecular flexibility index (Phi) is 2.70. The van der Waals surface area contributed by atoms with Crippen LogP contribution < -0.4 is 0 Å². The van der Waals surface area contributed by atoms with Crippen LogP contribution in [-0.2, 0) is 4.74 Å². The third-order valence-electron chi connectivity index (χ3n) is 2.91. The van der Waals surface area contributed by atoms with E-state index in [1.54, 1.807) is 0 Å². The molecule has 2 aliphatic heterocycles. The topological polar surface area (TPSA) is 15.8 Å². The third-order valence-corrected chi connectivity index (χ3v) is 2.91. The minimum atomic E-state index is -4.00. The fraction of sp³-hybridized carbons (Fsp3) is 1.00. The molecule has 0 aromatic carbocycles. The van der Waals surface area contributed by atoms with Crippen molar-refractivity contribution in [2.75, 3.05) is 26.2 Å². The van der Waals surface area contributed by atoms with E-state index in [0.29, 0.717) is 13.1 Å². The summed E-state index contributed by atoms with van der Waals surface area (Å²) < 4.78 is 41.9. The van der Waals surface area contributed by atoms with E-state index in [4.69, 9.17) is 4.74 Å². The zero-order valence-corrected chi connectivity index (χ0v) is 7.89. The number of alkyl halides is 3. The number of rotatable bonds is 2. The lowest BCUT2D eigenvalue weighted by molar-refractivity contribution is -0.185. The molecule has 2 fully saturated rings. The predicted molar refractivity (Wildman–Crippen MR) is 45.0 cm³/mol. The van der Waals surface area contributed by atoms with Crippen LogP contribution in [0.3, 0.4) is 0 Å². The number of hydrogen-bond acceptors (Lipinski definition) is 2. The van der Waals surface area contributed by atoms with Crippen molar-refractivity contribution in [1.82, 2.24) is 4.90 Å². The van der Waals surface area contributed by atoms with Crippen LogP contribution in [-0.4, -0.2) is 43.4 Å². The first-order chi connectivity index (χ1) is 6.55. The maximum absolute atomic E-state index is 12.3. The second-order valence-corrected chi connectivity index (χ2v) is 4.07. The highest BCUT2D eigenvalue weighted by molar-refractivity contribution is 4.81. The standard InChI is InChI=1S/C9H14F3NO/c10-9(11,12)7-1-3-13(4-2-7)5-8-6-14-8/h7-8H,1-6H2/t8-/m1/s1. The maximum Gasteiger partial charge on any atom is 0.391 e. The van der Waals surface area contributed by atoms with E-state index in [1.165, 1.54) is 0 Å². The van der Waals surface area contributed by atoms with Crippen molar-refractivity contribution in [1.29, 1.82) is 0 Å². The summed E-state index contributed by atoms with van der Waals surface area (Å²) in [6.07, 6.45) is -3.22. The molecular formula is C9H14F3NO. The molecule has 5 heteroatoms. The molecule has 2 rings (SSSR count). The molecule has 2 nitrogen and oxygen atoms in total. The fourth-order valence-electron chi connectivity index (χ4n) is 1.90. The predicted octanol–water partition coefficient (Wildman–Crippen LogP) is 1.66. The average molecular weight is 209 g/mol. The number of ether oxygens (including phenoxy) is 1. The van der Waals surface area contributed by atoms with Gasteiger partial charge in [0.05, 0.1) is 18.6 Å². The zero-order chi connectivity index (χ0) is 10.2. The van der Waals surface area contributed by atoms with E-state index in [9.17, 15) is 13.2 Å². The Hall–Kier alpha value is -0.290. The van der Waals surface area contributed by atoms with E-state index in [2.05, 4.69) is 4.90 Å². The van der Waals surface area contributed by atoms with Crippen LogP contribution in [0.5, 0.6) is 0 Å². The number of halogens is 3. The molecule has 0 spiro atoms. The summed E-state index contributed by atoms with van der Waals surface area (Å²) >= 11 is 0. The van der Waals surface area contributed by atoms with Crippen molar-refractivity contribution in [3.63, 3.8) is 0 Å². The first-order valence-electron chi connectivity index (χ1n) is 4.96. The molecule has 0 bridgehead atoms. The molecule has 0 aromatic rings. The third kappa shape index (κ3) is 2.60. The Bertz CT molecular complexity index is 195. The van der Waals surface area contributed by atoms with E-state index in [0.717, 1.165) is 13.2 Å². The van der Waals surface area contributed by atoms with E-state index >= 15 is 0 Å². The van der Waals surface area contributed by atoms with Crippen LogP contribution in [0.1, 0.15) is 12.8 Å². The molecular weight excluding hydrogens is 195 g/mol. The van der Waals surface area contributed by atoms with Gasteiger partial charge in [-0.1, -0.05) is 0 Å². The van der Waals surface area contributed by atoms with Crippen molar-refractivity contribution in [3.05, 3.63) is 0 Å². The summed E-state index contributed by atoms with van der Waals surface area (Å²) in [6, 6.07) is 0. The Morgan fingerprint density at radius 2 is 1.79 bits per heavy atom. The molecule has 0 aliphatic carbocycles. The molecule has 0 radical (unpaired) electrons. The van der Waals surface area contributed by atoms with Gasteiger partial charge in [0.25, 0.3) is 0 Å². The lowest BCUT2D eigenvalue weighted by Crippen LogP contribution is -2.40. The summed E-state index contributed by atoms with van der Waals surface area (Å²) in [5.41, 5.74) is 0. The van der Waals surface area contributed by atoms with E-state index in [-0.39, 0.29) is 18.9 Å². The maximum atomic E-state index is 12.3. The van der Waals surface area contributed by atoms with Gasteiger partial charge in [-0.2, -0.15) is 13.2 Å². The summed E-state index contributed by atoms with van der Waals surface area (Å²) in [5.74, 6) is -1.08. The molecule has 0 N–H and O–H groups in total. The molecule has 82 valence electrons. The molecule has 2 aliphatic rings. The minimum Gasteiger partial charge on any atom is -0.372 e. The molecule has 2 saturated heterocycles. The van der Waals surface area contributed by atoms with Gasteiger partial charge in [0.15, 0.2) is 0 Å². The van der Waals surface area contributed by atoms with Crippen LogP contribution >= 0.6 is 0 Å². The van der Waals surface area contributed by atoms with Crippen molar-refractivity contribution >= 4 is 0 Å². The van der Waals surface area contributed by atoms with Crippen molar-refractivity contribution < 1.29 is 17.9 Å². The lowest BCUT2D eigenvalue weighted by Gasteiger charge is -2.32. The van der Waals surface area contributed by atoms with Gasteiger partial charge in [-0.3, -0.25) is 0 Å². The SMILES string of the molecule is FC(F)(F)C1CCN(C[C@@H]2CO2)CC1. The molecule has 2 heterocycles. The monoisotopic (exact) mass is 209 g/mol. The summed E-state index contributed by atoms with van der Waals surface area (Å²) in [7, 11) is 0. The van der Waals surface area contributed by atoms with Gasteiger partial charge in [-0.15, -0.1) is 0 Å². The number of epoxide rings is 1. The second-order valence-electron chi connectivity index (χ2n) is 4.07. The van der Waals surface area contributed by atoms with Gasteiger partial charge in [-0.05, 0) is 25.9 Å². The number of nitrogens with zero attached hydrogens (tertiary/aromatic N) is 1. The fourth-order valence-corrected chi connectivity index (χ4v) is 1.90. The highest BCUT2D eigenvalue weighted by atomic mass is 19.4. The molecule has 0 saturated carbocycles. The highest BCUT2D eigenvalue weighted by Crippen LogP contribution is 2.34. The first kappa shape index (κ1) is 10.2. The van der Waals surface area contributed by atoms with Gasteiger partial charge in [0, 0.05) is 6.54 Å². The molecule has 0 amide bonds. The van der Waals surface area contributed by atoms with Crippen LogP contribution in [0, 0.1) is 5.92 Å². The summed E-state index contributed by atoms with van der Waals surface area (Å²) in [6.45, 7) is 2.71. The van der Waals surface area contributed by atoms with Crippen molar-refractivity contribution in [3.8, 4) is 0 Å². The van der Waals surface area contributed by atoms with Gasteiger partial charge in [-0.25, -0.2) is 0 Å². The van der Waals surface area contributed by atoms with Gasteiger partial charge in [0.2, 0.25) is 0 Å². The Labute approximate surface area is 81.0 Å². The molecule has 0 unspecified atom stereocenters. The zero-order valence-electron chi connectivity index (χ0n) is 7.89. The van der Waals surface area contributed by atoms with Crippen LogP contribution in [0.4, 0.5) is 13.2 Å². The molecule has 0 aromatic heterocycles. The second kappa shape index (κ2) is 3.70. The normalized spacial score (nSPS) is 30.6. The van der Waals surface area contributed by atoms with Gasteiger partial charge < -0.3 is 9.64 Å². The largest absolute Gasteiger partial charge is 0.391 e. The van der Waals surface area contributed by atoms with Crippen molar-refractivity contribution in [2.24, 2.45) is 5.92 Å². The Balaban J connectivity index is 1.74. The Morgan fingerprint density at radius 3 is 2.21 bits per heavy atom. The molecule has 1 atom stereocenters. The quantitative estimate of drug-likeness (QED) is 0.643. The van der Waals surface area contributed by atoms with Gasteiger partial charge >= 0.3 is 6.18 Å². The number of hydrogen-bond donors (Lipinski definition) is 0. The van der Waals surface area contributed by atoms with Crippen LogP contribution in [0.2, 0.25) is 0 Å². The smallest absolute Gasteiger partial charge is 0.372 e. The lowest BCUT2D eigenvalue weighted by atomic mass is 9.96. The summed E-state index contributed by atoms with van der Waals surface area (Å²) in [4.78, 5) is 2.07. The van der Waals surface area contributed by atoms with Gasteiger partial charge in [0.1, 0.15) is 0 Å². The van der Waals surface area contributed by atoms with E-state index in [1.807, 2.05) is 0 Å². The first-order valence-corrected chi connectivity index (χ1v) is 4.96. The van der Waals surface area contributed by atoms with E-state index < -0.39 is 12.1 Å². The highest BCUT2D eigenvalue weighted by Gasteiger charge is 2.41. The van der Waals surface area contributed by atoms with Crippen LogP contribution in [0.25, 0.3) is 0 Å².